The second-order valence-electron chi connectivity index (χ2n) is 2.67. The van der Waals surface area contributed by atoms with Crippen molar-refractivity contribution in [3.63, 3.8) is 0 Å². The fourth-order valence-corrected chi connectivity index (χ4v) is 1.07. The first-order valence-electron chi connectivity index (χ1n) is 4.33. The molecule has 0 aromatic heterocycles. The highest BCUT2D eigenvalue weighted by Gasteiger charge is 2.05. The Morgan fingerprint density at radius 1 is 1.54 bits per heavy atom. The van der Waals surface area contributed by atoms with Gasteiger partial charge in [-0.1, -0.05) is 12.1 Å². The SMILES string of the molecule is [CH2]Cc1cccc(C(=O)OCC)c1. The molecule has 0 aliphatic heterocycles. The molecule has 1 radical (unpaired) electrons. The largest absolute Gasteiger partial charge is 0.462 e. The molecule has 1 rings (SSSR count). The Balaban J connectivity index is 2.82. The molecule has 69 valence electrons. The van der Waals surface area contributed by atoms with Crippen LogP contribution in [0.15, 0.2) is 24.3 Å². The van der Waals surface area contributed by atoms with E-state index in [2.05, 4.69) is 6.92 Å². The van der Waals surface area contributed by atoms with Crippen LogP contribution in [0.4, 0.5) is 0 Å². The number of benzene rings is 1. The Labute approximate surface area is 78.5 Å². The van der Waals surface area contributed by atoms with Gasteiger partial charge in [0.2, 0.25) is 0 Å². The molecule has 0 fully saturated rings. The number of carbonyl (C=O) groups is 1. The van der Waals surface area contributed by atoms with E-state index in [4.69, 9.17) is 4.74 Å². The third kappa shape index (κ3) is 2.58. The molecular formula is C11H13O2. The summed E-state index contributed by atoms with van der Waals surface area (Å²) in [7, 11) is 0. The van der Waals surface area contributed by atoms with Crippen molar-refractivity contribution in [1.82, 2.24) is 0 Å². The molecule has 13 heavy (non-hydrogen) atoms. The average molecular weight is 177 g/mol. The fourth-order valence-electron chi connectivity index (χ4n) is 1.07. The zero-order valence-corrected chi connectivity index (χ0v) is 7.75. The van der Waals surface area contributed by atoms with Crippen LogP contribution >= 0.6 is 0 Å². The molecule has 0 saturated carbocycles. The highest BCUT2D eigenvalue weighted by molar-refractivity contribution is 5.89. The summed E-state index contributed by atoms with van der Waals surface area (Å²) in [6.07, 6.45) is 0.688. The maximum atomic E-state index is 11.3. The van der Waals surface area contributed by atoms with Gasteiger partial charge in [0, 0.05) is 0 Å². The summed E-state index contributed by atoms with van der Waals surface area (Å²) in [6, 6.07) is 7.34. The van der Waals surface area contributed by atoms with Crippen LogP contribution in [-0.2, 0) is 11.2 Å². The summed E-state index contributed by atoms with van der Waals surface area (Å²) in [5, 5.41) is 0. The zero-order valence-electron chi connectivity index (χ0n) is 7.75. The van der Waals surface area contributed by atoms with Gasteiger partial charge in [-0.25, -0.2) is 4.79 Å². The highest BCUT2D eigenvalue weighted by Crippen LogP contribution is 2.06. The van der Waals surface area contributed by atoms with Crippen LogP contribution in [0.2, 0.25) is 0 Å². The maximum Gasteiger partial charge on any atom is 0.338 e. The quantitative estimate of drug-likeness (QED) is 0.662. The summed E-state index contributed by atoms with van der Waals surface area (Å²) in [6.45, 7) is 5.96. The van der Waals surface area contributed by atoms with Gasteiger partial charge < -0.3 is 4.74 Å². The van der Waals surface area contributed by atoms with Crippen molar-refractivity contribution in [1.29, 1.82) is 0 Å². The Hall–Kier alpha value is -1.31. The molecular weight excluding hydrogens is 164 g/mol. The molecule has 0 aliphatic rings. The van der Waals surface area contributed by atoms with Crippen molar-refractivity contribution in [2.24, 2.45) is 0 Å². The first-order valence-corrected chi connectivity index (χ1v) is 4.33. The van der Waals surface area contributed by atoms with Gasteiger partial charge in [-0.2, -0.15) is 0 Å². The number of carbonyl (C=O) groups excluding carboxylic acids is 1. The molecule has 1 aromatic carbocycles. The minimum atomic E-state index is -0.266. The highest BCUT2D eigenvalue weighted by atomic mass is 16.5. The van der Waals surface area contributed by atoms with E-state index in [0.717, 1.165) is 5.56 Å². The summed E-state index contributed by atoms with van der Waals surface area (Å²) in [4.78, 5) is 11.3. The minimum absolute atomic E-state index is 0.266. The molecule has 2 heteroatoms. The molecule has 0 unspecified atom stereocenters. The van der Waals surface area contributed by atoms with E-state index in [1.165, 1.54) is 0 Å². The van der Waals surface area contributed by atoms with Crippen LogP contribution in [0.1, 0.15) is 22.8 Å². The Bertz CT molecular complexity index is 292. The van der Waals surface area contributed by atoms with Crippen LogP contribution in [0.3, 0.4) is 0 Å². The summed E-state index contributed by atoms with van der Waals surface area (Å²) >= 11 is 0. The maximum absolute atomic E-state index is 11.3. The van der Waals surface area contributed by atoms with E-state index >= 15 is 0 Å². The van der Waals surface area contributed by atoms with Crippen LogP contribution in [0, 0.1) is 6.92 Å². The second-order valence-corrected chi connectivity index (χ2v) is 2.67. The van der Waals surface area contributed by atoms with Crippen molar-refractivity contribution in [3.05, 3.63) is 42.3 Å². The number of rotatable bonds is 3. The lowest BCUT2D eigenvalue weighted by Crippen LogP contribution is -2.04. The van der Waals surface area contributed by atoms with Crippen LogP contribution < -0.4 is 0 Å². The number of hydrogen-bond donors (Lipinski definition) is 0. The van der Waals surface area contributed by atoms with E-state index in [1.807, 2.05) is 18.2 Å². The van der Waals surface area contributed by atoms with Crippen molar-refractivity contribution in [2.75, 3.05) is 6.61 Å². The smallest absolute Gasteiger partial charge is 0.338 e. The Morgan fingerprint density at radius 2 is 2.31 bits per heavy atom. The van der Waals surface area contributed by atoms with E-state index < -0.39 is 0 Å². The molecule has 1 aromatic rings. The fraction of sp³-hybridized carbons (Fsp3) is 0.273. The van der Waals surface area contributed by atoms with Gasteiger partial charge in [0.15, 0.2) is 0 Å². The molecule has 0 bridgehead atoms. The lowest BCUT2D eigenvalue weighted by atomic mass is 10.1. The second kappa shape index (κ2) is 4.65. The third-order valence-corrected chi connectivity index (χ3v) is 1.73. The standard InChI is InChI=1S/C11H13O2/c1-3-9-6-5-7-10(8-9)11(12)13-4-2/h5-8H,1,3-4H2,2H3. The minimum Gasteiger partial charge on any atom is -0.462 e. The number of esters is 1. The lowest BCUT2D eigenvalue weighted by Gasteiger charge is -2.02. The molecule has 0 saturated heterocycles. The molecule has 2 nitrogen and oxygen atoms in total. The van der Waals surface area contributed by atoms with E-state index in [9.17, 15) is 4.79 Å². The Kier molecular flexibility index (Phi) is 3.50. The van der Waals surface area contributed by atoms with Gasteiger partial charge >= 0.3 is 5.97 Å². The van der Waals surface area contributed by atoms with E-state index in [1.54, 1.807) is 13.0 Å². The van der Waals surface area contributed by atoms with Crippen molar-refractivity contribution in [2.45, 2.75) is 13.3 Å². The molecule has 0 amide bonds. The Morgan fingerprint density at radius 3 is 2.92 bits per heavy atom. The summed E-state index contributed by atoms with van der Waals surface area (Å²) < 4.78 is 4.87. The predicted molar refractivity (Wildman–Crippen MR) is 51.5 cm³/mol. The van der Waals surface area contributed by atoms with E-state index in [0.29, 0.717) is 18.6 Å². The topological polar surface area (TPSA) is 26.3 Å². The monoisotopic (exact) mass is 177 g/mol. The van der Waals surface area contributed by atoms with Gasteiger partial charge in [-0.05, 0) is 38.0 Å². The third-order valence-electron chi connectivity index (χ3n) is 1.73. The molecule has 0 atom stereocenters. The molecule has 0 spiro atoms. The van der Waals surface area contributed by atoms with E-state index in [-0.39, 0.29) is 5.97 Å². The van der Waals surface area contributed by atoms with Crippen LogP contribution in [0.25, 0.3) is 0 Å². The van der Waals surface area contributed by atoms with Gasteiger partial charge in [-0.15, -0.1) is 0 Å². The number of ether oxygens (including phenoxy) is 1. The predicted octanol–water partition coefficient (Wildman–Crippen LogP) is 2.24. The number of hydrogen-bond acceptors (Lipinski definition) is 2. The van der Waals surface area contributed by atoms with Gasteiger partial charge in [0.1, 0.15) is 0 Å². The van der Waals surface area contributed by atoms with Crippen LogP contribution in [0.5, 0.6) is 0 Å². The molecule has 0 aliphatic carbocycles. The first kappa shape index (κ1) is 9.78. The zero-order chi connectivity index (χ0) is 9.68. The van der Waals surface area contributed by atoms with Gasteiger partial charge in [-0.3, -0.25) is 0 Å². The summed E-state index contributed by atoms with van der Waals surface area (Å²) in [5.74, 6) is -0.266. The molecule has 0 N–H and O–H groups in total. The first-order chi connectivity index (χ1) is 6.27. The average Bonchev–Trinajstić information content (AvgIpc) is 2.18. The normalized spacial score (nSPS) is 9.69. The lowest BCUT2D eigenvalue weighted by molar-refractivity contribution is 0.0526. The van der Waals surface area contributed by atoms with Crippen molar-refractivity contribution in [3.8, 4) is 0 Å². The summed E-state index contributed by atoms with van der Waals surface area (Å²) in [5.41, 5.74) is 1.65. The van der Waals surface area contributed by atoms with Crippen LogP contribution in [-0.4, -0.2) is 12.6 Å². The van der Waals surface area contributed by atoms with Gasteiger partial charge in [0.05, 0.1) is 12.2 Å². The van der Waals surface area contributed by atoms with Gasteiger partial charge in [0.25, 0.3) is 0 Å². The van der Waals surface area contributed by atoms with Crippen molar-refractivity contribution >= 4 is 5.97 Å². The molecule has 0 heterocycles. The van der Waals surface area contributed by atoms with Crippen molar-refractivity contribution < 1.29 is 9.53 Å².